The van der Waals surface area contributed by atoms with Crippen molar-refractivity contribution in [3.8, 4) is 0 Å². The lowest BCUT2D eigenvalue weighted by Gasteiger charge is -2.14. The Morgan fingerprint density at radius 1 is 1.32 bits per heavy atom. The number of aromatic nitrogens is 2. The summed E-state index contributed by atoms with van der Waals surface area (Å²) in [6, 6.07) is 7.31. The molecule has 0 bridgehead atoms. The number of rotatable bonds is 7. The molecule has 1 N–H and O–H groups in total. The van der Waals surface area contributed by atoms with E-state index in [-0.39, 0.29) is 5.78 Å². The highest BCUT2D eigenvalue weighted by molar-refractivity contribution is 9.10. The summed E-state index contributed by atoms with van der Waals surface area (Å²) in [5.41, 5.74) is 1.72. The summed E-state index contributed by atoms with van der Waals surface area (Å²) in [6.07, 6.45) is 5.42. The van der Waals surface area contributed by atoms with Gasteiger partial charge in [-0.3, -0.25) is 9.78 Å². The van der Waals surface area contributed by atoms with Crippen LogP contribution in [0.3, 0.4) is 0 Å². The van der Waals surface area contributed by atoms with E-state index in [0.717, 1.165) is 29.8 Å². The van der Waals surface area contributed by atoms with Crippen molar-refractivity contribution in [3.63, 3.8) is 0 Å². The van der Waals surface area contributed by atoms with Crippen molar-refractivity contribution in [3.05, 3.63) is 51.9 Å². The molecule has 0 aromatic carbocycles. The molecule has 0 amide bonds. The molecule has 3 rings (SSSR count). The Kier molecular flexibility index (Phi) is 6.15. The first kappa shape index (κ1) is 18.0. The van der Waals surface area contributed by atoms with Crippen LogP contribution in [0, 0.1) is 6.92 Å². The van der Waals surface area contributed by atoms with Gasteiger partial charge in [-0.1, -0.05) is 6.07 Å². The third kappa shape index (κ3) is 4.86. The average molecular weight is 403 g/mol. The highest BCUT2D eigenvalue weighted by Gasteiger charge is 2.15. The molecule has 132 valence electrons. The van der Waals surface area contributed by atoms with E-state index in [9.17, 15) is 4.79 Å². The normalized spacial score (nSPS) is 14.6. The first-order valence-corrected chi connectivity index (χ1v) is 9.53. The fraction of sp³-hybridized carbons (Fsp3) is 0.421. The number of aryl methyl sites for hydroxylation is 1. The highest BCUT2D eigenvalue weighted by Crippen LogP contribution is 2.17. The fourth-order valence-corrected chi connectivity index (χ4v) is 3.39. The number of hydrogen-bond donors (Lipinski definition) is 1. The van der Waals surface area contributed by atoms with Crippen LogP contribution in [0.1, 0.15) is 41.0 Å². The molecule has 0 aliphatic carbocycles. The van der Waals surface area contributed by atoms with Gasteiger partial charge in [0.2, 0.25) is 5.78 Å². The molecule has 0 saturated carbocycles. The Balaban J connectivity index is 1.60. The van der Waals surface area contributed by atoms with Crippen molar-refractivity contribution >= 4 is 27.5 Å². The van der Waals surface area contributed by atoms with Crippen molar-refractivity contribution in [2.45, 2.75) is 26.2 Å². The van der Waals surface area contributed by atoms with Gasteiger partial charge in [-0.2, -0.15) is 0 Å². The molecule has 0 radical (unpaired) electrons. The smallest absolute Gasteiger partial charge is 0.213 e. The van der Waals surface area contributed by atoms with E-state index in [1.807, 2.05) is 19.1 Å². The van der Waals surface area contributed by atoms with Crippen LogP contribution >= 0.6 is 15.9 Å². The number of carbonyl (C=O) groups is 1. The summed E-state index contributed by atoms with van der Waals surface area (Å²) in [4.78, 5) is 23.9. The van der Waals surface area contributed by atoms with Crippen LogP contribution in [-0.2, 0) is 0 Å². The van der Waals surface area contributed by atoms with E-state index in [1.54, 1.807) is 18.3 Å². The van der Waals surface area contributed by atoms with Crippen LogP contribution in [0.5, 0.6) is 0 Å². The SMILES string of the molecule is Cc1ncc(Br)cc1C(=O)c1cccc(NCCCN2CCCC2)n1. The molecule has 0 unspecified atom stereocenters. The molecule has 2 aromatic heterocycles. The van der Waals surface area contributed by atoms with Crippen molar-refractivity contribution in [1.29, 1.82) is 0 Å². The molecule has 1 fully saturated rings. The van der Waals surface area contributed by atoms with Gasteiger partial charge in [0, 0.05) is 28.5 Å². The van der Waals surface area contributed by atoms with E-state index in [1.165, 1.54) is 25.9 Å². The van der Waals surface area contributed by atoms with Crippen LogP contribution in [-0.4, -0.2) is 46.8 Å². The summed E-state index contributed by atoms with van der Waals surface area (Å²) in [7, 11) is 0. The van der Waals surface area contributed by atoms with Crippen molar-refractivity contribution in [2.24, 2.45) is 0 Å². The van der Waals surface area contributed by atoms with Crippen LogP contribution in [0.4, 0.5) is 5.82 Å². The minimum atomic E-state index is -0.105. The summed E-state index contributed by atoms with van der Waals surface area (Å²) in [5.74, 6) is 0.639. The molecule has 3 heterocycles. The van der Waals surface area contributed by atoms with Gasteiger partial charge < -0.3 is 10.2 Å². The number of anilines is 1. The van der Waals surface area contributed by atoms with E-state index in [0.29, 0.717) is 17.0 Å². The van der Waals surface area contributed by atoms with Gasteiger partial charge in [0.1, 0.15) is 11.5 Å². The fourth-order valence-electron chi connectivity index (χ4n) is 3.06. The number of nitrogens with zero attached hydrogens (tertiary/aromatic N) is 3. The molecule has 1 saturated heterocycles. The standard InChI is InChI=1S/C19H23BrN4O/c1-14-16(12-15(20)13-22-14)19(25)17-6-4-7-18(23-17)21-8-5-11-24-9-2-3-10-24/h4,6-7,12-13H,2-3,5,8-11H2,1H3,(H,21,23). The topological polar surface area (TPSA) is 58.1 Å². The Morgan fingerprint density at radius 2 is 2.12 bits per heavy atom. The maximum atomic E-state index is 12.7. The number of nitrogens with one attached hydrogen (secondary N) is 1. The van der Waals surface area contributed by atoms with E-state index >= 15 is 0 Å². The average Bonchev–Trinajstić information content (AvgIpc) is 3.14. The van der Waals surface area contributed by atoms with Crippen molar-refractivity contribution < 1.29 is 4.79 Å². The van der Waals surface area contributed by atoms with E-state index < -0.39 is 0 Å². The molecule has 1 aliphatic rings. The molecule has 0 spiro atoms. The summed E-state index contributed by atoms with van der Waals surface area (Å²) >= 11 is 3.37. The molecular formula is C19H23BrN4O. The first-order chi connectivity index (χ1) is 12.1. The Labute approximate surface area is 157 Å². The molecule has 25 heavy (non-hydrogen) atoms. The maximum Gasteiger partial charge on any atom is 0.213 e. The van der Waals surface area contributed by atoms with Gasteiger partial charge in [-0.05, 0) is 79.9 Å². The minimum Gasteiger partial charge on any atom is -0.370 e. The van der Waals surface area contributed by atoms with Gasteiger partial charge in [0.15, 0.2) is 0 Å². The number of carbonyl (C=O) groups excluding carboxylic acids is 1. The molecule has 5 nitrogen and oxygen atoms in total. The monoisotopic (exact) mass is 402 g/mol. The zero-order chi connectivity index (χ0) is 17.6. The lowest BCUT2D eigenvalue weighted by atomic mass is 10.1. The summed E-state index contributed by atoms with van der Waals surface area (Å²) in [6.45, 7) is 6.26. The van der Waals surface area contributed by atoms with E-state index in [2.05, 4.69) is 36.1 Å². The largest absolute Gasteiger partial charge is 0.370 e. The molecule has 0 atom stereocenters. The van der Waals surface area contributed by atoms with Crippen LogP contribution < -0.4 is 5.32 Å². The van der Waals surface area contributed by atoms with Gasteiger partial charge in [0.25, 0.3) is 0 Å². The molecule has 1 aliphatic heterocycles. The van der Waals surface area contributed by atoms with Crippen LogP contribution in [0.25, 0.3) is 0 Å². The predicted molar refractivity (Wildman–Crippen MR) is 103 cm³/mol. The number of pyridine rings is 2. The van der Waals surface area contributed by atoms with Crippen LogP contribution in [0.2, 0.25) is 0 Å². The van der Waals surface area contributed by atoms with Crippen LogP contribution in [0.15, 0.2) is 34.9 Å². The third-order valence-corrected chi connectivity index (χ3v) is 4.87. The second-order valence-corrected chi connectivity index (χ2v) is 7.27. The first-order valence-electron chi connectivity index (χ1n) is 8.73. The zero-order valence-corrected chi connectivity index (χ0v) is 16.1. The Bertz CT molecular complexity index is 744. The van der Waals surface area contributed by atoms with E-state index in [4.69, 9.17) is 0 Å². The maximum absolute atomic E-state index is 12.7. The summed E-state index contributed by atoms with van der Waals surface area (Å²) in [5, 5.41) is 3.33. The minimum absolute atomic E-state index is 0.105. The molecule has 2 aromatic rings. The Morgan fingerprint density at radius 3 is 2.92 bits per heavy atom. The predicted octanol–water partition coefficient (Wildman–Crippen LogP) is 3.68. The van der Waals surface area contributed by atoms with Gasteiger partial charge in [-0.15, -0.1) is 0 Å². The van der Waals surface area contributed by atoms with Gasteiger partial charge in [-0.25, -0.2) is 4.98 Å². The van der Waals surface area contributed by atoms with Crippen molar-refractivity contribution in [1.82, 2.24) is 14.9 Å². The molecule has 6 heteroatoms. The zero-order valence-electron chi connectivity index (χ0n) is 14.5. The lowest BCUT2D eigenvalue weighted by Crippen LogP contribution is -2.22. The third-order valence-electron chi connectivity index (χ3n) is 4.44. The lowest BCUT2D eigenvalue weighted by molar-refractivity contribution is 0.103. The number of hydrogen-bond acceptors (Lipinski definition) is 5. The van der Waals surface area contributed by atoms with Gasteiger partial charge >= 0.3 is 0 Å². The second-order valence-electron chi connectivity index (χ2n) is 6.35. The number of halogens is 1. The second kappa shape index (κ2) is 8.54. The Hall–Kier alpha value is -1.79. The summed E-state index contributed by atoms with van der Waals surface area (Å²) < 4.78 is 0.789. The number of ketones is 1. The quantitative estimate of drug-likeness (QED) is 0.565. The van der Waals surface area contributed by atoms with Crippen molar-refractivity contribution in [2.75, 3.05) is 31.5 Å². The number of likely N-dealkylation sites (tertiary alicyclic amines) is 1. The molecular weight excluding hydrogens is 380 g/mol. The van der Waals surface area contributed by atoms with Gasteiger partial charge in [0.05, 0.1) is 0 Å². The highest BCUT2D eigenvalue weighted by atomic mass is 79.9.